The molecule has 1 amide bonds. The van der Waals surface area contributed by atoms with Gasteiger partial charge in [0.25, 0.3) is 0 Å². The molecule has 0 bridgehead atoms. The fourth-order valence-corrected chi connectivity index (χ4v) is 3.36. The molecule has 108 valence electrons. The molecule has 0 unspecified atom stereocenters. The molecule has 0 radical (unpaired) electrons. The Labute approximate surface area is 120 Å². The number of likely N-dealkylation sites (tertiary alicyclic amines) is 2. The first-order valence-corrected chi connectivity index (χ1v) is 7.77. The fourth-order valence-electron chi connectivity index (χ4n) is 3.36. The van der Waals surface area contributed by atoms with Gasteiger partial charge in [0.2, 0.25) is 5.91 Å². The van der Waals surface area contributed by atoms with Crippen LogP contribution in [0, 0.1) is 0 Å². The Balaban J connectivity index is 1.62. The topological polar surface area (TPSA) is 36.4 Å². The van der Waals surface area contributed by atoms with Gasteiger partial charge in [-0.05, 0) is 37.9 Å². The van der Waals surface area contributed by atoms with Crippen molar-refractivity contribution in [2.45, 2.75) is 38.1 Å². The van der Waals surface area contributed by atoms with Crippen LogP contribution in [0.15, 0.2) is 24.4 Å². The predicted octanol–water partition coefficient (Wildman–Crippen LogP) is 2.23. The average Bonchev–Trinajstić information content (AvgIpc) is 2.92. The molecule has 0 spiro atoms. The number of hydrogen-bond donors (Lipinski definition) is 0. The van der Waals surface area contributed by atoms with E-state index in [1.807, 2.05) is 17.2 Å². The van der Waals surface area contributed by atoms with Gasteiger partial charge in [0.15, 0.2) is 0 Å². The number of nitrogens with zero attached hydrogens (tertiary/aromatic N) is 3. The van der Waals surface area contributed by atoms with Crippen molar-refractivity contribution in [3.8, 4) is 0 Å². The van der Waals surface area contributed by atoms with Crippen LogP contribution in [0.3, 0.4) is 0 Å². The molecule has 0 aliphatic carbocycles. The summed E-state index contributed by atoms with van der Waals surface area (Å²) < 4.78 is 0. The van der Waals surface area contributed by atoms with E-state index in [0.29, 0.717) is 11.9 Å². The molecule has 0 saturated carbocycles. The van der Waals surface area contributed by atoms with E-state index in [4.69, 9.17) is 0 Å². The molecule has 2 fully saturated rings. The highest BCUT2D eigenvalue weighted by Gasteiger charge is 2.26. The van der Waals surface area contributed by atoms with Crippen LogP contribution in [0.5, 0.6) is 0 Å². The van der Waals surface area contributed by atoms with Crippen molar-refractivity contribution in [2.75, 3.05) is 26.2 Å². The van der Waals surface area contributed by atoms with Gasteiger partial charge in [-0.2, -0.15) is 0 Å². The summed E-state index contributed by atoms with van der Waals surface area (Å²) in [7, 11) is 0. The third kappa shape index (κ3) is 3.01. The largest absolute Gasteiger partial charge is 0.341 e. The molecule has 0 aromatic carbocycles. The van der Waals surface area contributed by atoms with E-state index < -0.39 is 0 Å². The van der Waals surface area contributed by atoms with Crippen LogP contribution in [0.25, 0.3) is 0 Å². The lowest BCUT2D eigenvalue weighted by Gasteiger charge is -2.36. The minimum Gasteiger partial charge on any atom is -0.341 e. The maximum atomic E-state index is 11.7. The highest BCUT2D eigenvalue weighted by Crippen LogP contribution is 2.29. The molecule has 20 heavy (non-hydrogen) atoms. The van der Waals surface area contributed by atoms with Crippen LogP contribution >= 0.6 is 0 Å². The smallest absolute Gasteiger partial charge is 0.222 e. The average molecular weight is 273 g/mol. The van der Waals surface area contributed by atoms with Crippen LogP contribution in [0.2, 0.25) is 0 Å². The van der Waals surface area contributed by atoms with Gasteiger partial charge >= 0.3 is 0 Å². The van der Waals surface area contributed by atoms with Crippen LogP contribution in [0.4, 0.5) is 0 Å². The van der Waals surface area contributed by atoms with E-state index >= 15 is 0 Å². The lowest BCUT2D eigenvalue weighted by Crippen LogP contribution is -2.40. The minimum atomic E-state index is 0.330. The maximum Gasteiger partial charge on any atom is 0.222 e. The van der Waals surface area contributed by atoms with Crippen LogP contribution < -0.4 is 0 Å². The first kappa shape index (κ1) is 13.6. The Morgan fingerprint density at radius 3 is 2.85 bits per heavy atom. The van der Waals surface area contributed by atoms with Crippen molar-refractivity contribution in [1.29, 1.82) is 0 Å². The van der Waals surface area contributed by atoms with Crippen LogP contribution in [0.1, 0.15) is 43.8 Å². The second-order valence-electron chi connectivity index (χ2n) is 5.79. The summed E-state index contributed by atoms with van der Waals surface area (Å²) in [6.45, 7) is 3.93. The van der Waals surface area contributed by atoms with E-state index in [0.717, 1.165) is 39.0 Å². The Kier molecular flexibility index (Phi) is 4.31. The molecular formula is C16H23N3O. The van der Waals surface area contributed by atoms with Crippen molar-refractivity contribution in [2.24, 2.45) is 0 Å². The second kappa shape index (κ2) is 6.35. The lowest BCUT2D eigenvalue weighted by molar-refractivity contribution is -0.128. The standard InChI is InChI=1S/C16H23N3O/c20-16-8-5-11-19(16)13-12-18-10-4-2-7-15(18)14-6-1-3-9-17-14/h1,3,6,9,15H,2,4-5,7-8,10-13H2/t15-/m0/s1. The number of carbonyl (C=O) groups is 1. The molecule has 1 aromatic heterocycles. The van der Waals surface area contributed by atoms with Gasteiger partial charge in [0.05, 0.1) is 11.7 Å². The van der Waals surface area contributed by atoms with E-state index in [2.05, 4.69) is 22.0 Å². The maximum absolute atomic E-state index is 11.7. The second-order valence-corrected chi connectivity index (χ2v) is 5.79. The number of rotatable bonds is 4. The van der Waals surface area contributed by atoms with Gasteiger partial charge in [-0.15, -0.1) is 0 Å². The van der Waals surface area contributed by atoms with E-state index in [1.165, 1.54) is 25.0 Å². The molecular weight excluding hydrogens is 250 g/mol. The molecule has 1 aromatic rings. The zero-order valence-corrected chi connectivity index (χ0v) is 12.0. The van der Waals surface area contributed by atoms with Gasteiger partial charge < -0.3 is 4.90 Å². The quantitative estimate of drug-likeness (QED) is 0.844. The van der Waals surface area contributed by atoms with E-state index in [9.17, 15) is 4.79 Å². The predicted molar refractivity (Wildman–Crippen MR) is 78.2 cm³/mol. The van der Waals surface area contributed by atoms with Crippen LogP contribution in [-0.4, -0.2) is 46.9 Å². The highest BCUT2D eigenvalue weighted by atomic mass is 16.2. The summed E-state index contributed by atoms with van der Waals surface area (Å²) in [5.41, 5.74) is 1.18. The summed E-state index contributed by atoms with van der Waals surface area (Å²) in [6, 6.07) is 6.60. The van der Waals surface area contributed by atoms with Gasteiger partial charge in [0, 0.05) is 32.3 Å². The summed E-state index contributed by atoms with van der Waals surface area (Å²) in [5, 5.41) is 0. The third-order valence-electron chi connectivity index (χ3n) is 4.47. The minimum absolute atomic E-state index is 0.330. The van der Waals surface area contributed by atoms with Gasteiger partial charge in [0.1, 0.15) is 0 Å². The number of piperidine rings is 1. The number of carbonyl (C=O) groups excluding carboxylic acids is 1. The van der Waals surface area contributed by atoms with E-state index in [1.54, 1.807) is 0 Å². The zero-order chi connectivity index (χ0) is 13.8. The summed E-state index contributed by atoms with van der Waals surface area (Å²) in [5.74, 6) is 0.330. The van der Waals surface area contributed by atoms with E-state index in [-0.39, 0.29) is 0 Å². The monoisotopic (exact) mass is 273 g/mol. The number of amides is 1. The number of pyridine rings is 1. The molecule has 3 rings (SSSR count). The van der Waals surface area contributed by atoms with Crippen molar-refractivity contribution in [1.82, 2.24) is 14.8 Å². The molecule has 4 nitrogen and oxygen atoms in total. The summed E-state index contributed by atoms with van der Waals surface area (Å²) in [6.07, 6.45) is 7.38. The van der Waals surface area contributed by atoms with Crippen LogP contribution in [-0.2, 0) is 4.79 Å². The van der Waals surface area contributed by atoms with Crippen molar-refractivity contribution >= 4 is 5.91 Å². The van der Waals surface area contributed by atoms with Crippen molar-refractivity contribution in [3.63, 3.8) is 0 Å². The number of hydrogen-bond acceptors (Lipinski definition) is 3. The molecule has 0 N–H and O–H groups in total. The zero-order valence-electron chi connectivity index (χ0n) is 12.0. The molecule has 2 saturated heterocycles. The fraction of sp³-hybridized carbons (Fsp3) is 0.625. The molecule has 4 heteroatoms. The SMILES string of the molecule is O=C1CCCN1CCN1CCCC[C@H]1c1ccccn1. The summed E-state index contributed by atoms with van der Waals surface area (Å²) >= 11 is 0. The number of aromatic nitrogens is 1. The molecule has 2 aliphatic rings. The van der Waals surface area contributed by atoms with Gasteiger partial charge in [-0.3, -0.25) is 14.7 Å². The highest BCUT2D eigenvalue weighted by molar-refractivity contribution is 5.78. The third-order valence-corrected chi connectivity index (χ3v) is 4.47. The summed E-state index contributed by atoms with van der Waals surface area (Å²) in [4.78, 5) is 20.7. The van der Waals surface area contributed by atoms with Crippen molar-refractivity contribution < 1.29 is 4.79 Å². The first-order chi connectivity index (χ1) is 9.84. The Morgan fingerprint density at radius 1 is 1.15 bits per heavy atom. The molecule has 1 atom stereocenters. The molecule has 3 heterocycles. The molecule has 2 aliphatic heterocycles. The van der Waals surface area contributed by atoms with Gasteiger partial charge in [-0.25, -0.2) is 0 Å². The Hall–Kier alpha value is -1.42. The van der Waals surface area contributed by atoms with Crippen molar-refractivity contribution in [3.05, 3.63) is 30.1 Å². The normalized spacial score (nSPS) is 24.3. The Morgan fingerprint density at radius 2 is 2.10 bits per heavy atom. The Bertz CT molecular complexity index is 448. The van der Waals surface area contributed by atoms with Gasteiger partial charge in [-0.1, -0.05) is 12.5 Å². The lowest BCUT2D eigenvalue weighted by atomic mass is 9.99. The first-order valence-electron chi connectivity index (χ1n) is 7.77.